The molecule has 5 heteroatoms. The van der Waals surface area contributed by atoms with E-state index in [1.165, 1.54) is 0 Å². The van der Waals surface area contributed by atoms with Crippen molar-refractivity contribution in [3.8, 4) is 0 Å². The Labute approximate surface area is 124 Å². The van der Waals surface area contributed by atoms with Gasteiger partial charge in [0.25, 0.3) is 0 Å². The average molecular weight is 290 g/mol. The van der Waals surface area contributed by atoms with Crippen LogP contribution in [0.2, 0.25) is 0 Å². The SMILES string of the molecule is CC(O)c1nc2c(n1C(C)C)C(=O)C(=O)C1CCCCC21. The Morgan fingerprint density at radius 2 is 1.76 bits per heavy atom. The van der Waals surface area contributed by atoms with Gasteiger partial charge in [0, 0.05) is 17.9 Å². The third-order valence-electron chi connectivity index (χ3n) is 4.75. The maximum Gasteiger partial charge on any atom is 0.247 e. The standard InChI is InChI=1S/C16H22N2O3/c1-8(2)18-13-12(17-16(18)9(3)19)10-6-4-5-7-11(10)14(20)15(13)21/h8-11,19H,4-7H2,1-3H3. The van der Waals surface area contributed by atoms with Crippen LogP contribution in [0.25, 0.3) is 0 Å². The molecule has 1 aromatic heterocycles. The van der Waals surface area contributed by atoms with Crippen molar-refractivity contribution in [2.24, 2.45) is 5.92 Å². The Kier molecular flexibility index (Phi) is 3.48. The number of imidazole rings is 1. The van der Waals surface area contributed by atoms with Crippen molar-refractivity contribution >= 4 is 11.6 Å². The monoisotopic (exact) mass is 290 g/mol. The van der Waals surface area contributed by atoms with E-state index in [4.69, 9.17) is 0 Å². The smallest absolute Gasteiger partial charge is 0.247 e. The van der Waals surface area contributed by atoms with Gasteiger partial charge in [0.15, 0.2) is 0 Å². The van der Waals surface area contributed by atoms with Gasteiger partial charge in [-0.05, 0) is 33.6 Å². The van der Waals surface area contributed by atoms with E-state index < -0.39 is 11.9 Å². The Hall–Kier alpha value is -1.49. The number of aliphatic hydroxyl groups is 1. The van der Waals surface area contributed by atoms with Crippen molar-refractivity contribution in [1.82, 2.24) is 9.55 Å². The molecule has 1 aromatic rings. The van der Waals surface area contributed by atoms with Crippen LogP contribution < -0.4 is 0 Å². The first-order valence-electron chi connectivity index (χ1n) is 7.82. The zero-order valence-electron chi connectivity index (χ0n) is 12.8. The first-order valence-corrected chi connectivity index (χ1v) is 7.82. The van der Waals surface area contributed by atoms with E-state index in [9.17, 15) is 14.7 Å². The fourth-order valence-electron chi connectivity index (χ4n) is 3.83. The molecule has 1 fully saturated rings. The molecule has 1 heterocycles. The minimum Gasteiger partial charge on any atom is -0.385 e. The number of ketones is 2. The lowest BCUT2D eigenvalue weighted by molar-refractivity contribution is -0.120. The molecule has 0 radical (unpaired) electrons. The molecule has 3 unspecified atom stereocenters. The predicted molar refractivity (Wildman–Crippen MR) is 77.3 cm³/mol. The van der Waals surface area contributed by atoms with Crippen LogP contribution in [-0.2, 0) is 4.79 Å². The van der Waals surface area contributed by atoms with E-state index in [0.717, 1.165) is 31.4 Å². The number of Topliss-reactive ketones (excluding diaryl/α,β-unsaturated/α-hetero) is 2. The van der Waals surface area contributed by atoms with Gasteiger partial charge in [-0.25, -0.2) is 4.98 Å². The van der Waals surface area contributed by atoms with Crippen LogP contribution in [0.4, 0.5) is 0 Å². The number of hydrogen-bond acceptors (Lipinski definition) is 4. The topological polar surface area (TPSA) is 72.2 Å². The molecule has 2 aliphatic rings. The lowest BCUT2D eigenvalue weighted by atomic mass is 9.70. The quantitative estimate of drug-likeness (QED) is 0.850. The summed E-state index contributed by atoms with van der Waals surface area (Å²) in [4.78, 5) is 29.5. The highest BCUT2D eigenvalue weighted by Gasteiger charge is 2.46. The summed E-state index contributed by atoms with van der Waals surface area (Å²) < 4.78 is 1.76. The second kappa shape index (κ2) is 5.05. The summed E-state index contributed by atoms with van der Waals surface area (Å²) >= 11 is 0. The average Bonchev–Trinajstić information content (AvgIpc) is 2.86. The summed E-state index contributed by atoms with van der Waals surface area (Å²) in [6.45, 7) is 5.54. The van der Waals surface area contributed by atoms with Crippen molar-refractivity contribution < 1.29 is 14.7 Å². The normalized spacial score (nSPS) is 26.7. The van der Waals surface area contributed by atoms with Gasteiger partial charge < -0.3 is 9.67 Å². The molecule has 21 heavy (non-hydrogen) atoms. The first-order chi connectivity index (χ1) is 9.93. The fraction of sp³-hybridized carbons (Fsp3) is 0.688. The molecule has 1 N–H and O–H groups in total. The van der Waals surface area contributed by atoms with Crippen LogP contribution in [0.5, 0.6) is 0 Å². The van der Waals surface area contributed by atoms with Gasteiger partial charge in [0.1, 0.15) is 17.6 Å². The summed E-state index contributed by atoms with van der Waals surface area (Å²) in [5.41, 5.74) is 1.17. The maximum atomic E-state index is 12.5. The van der Waals surface area contributed by atoms with Crippen LogP contribution in [0.3, 0.4) is 0 Å². The van der Waals surface area contributed by atoms with Crippen LogP contribution in [0.1, 0.15) is 86.5 Å². The Morgan fingerprint density at radius 1 is 1.14 bits per heavy atom. The van der Waals surface area contributed by atoms with E-state index in [1.807, 2.05) is 13.8 Å². The fourth-order valence-corrected chi connectivity index (χ4v) is 3.83. The van der Waals surface area contributed by atoms with Crippen LogP contribution in [0.15, 0.2) is 0 Å². The van der Waals surface area contributed by atoms with Gasteiger partial charge in [-0.15, -0.1) is 0 Å². The van der Waals surface area contributed by atoms with E-state index in [1.54, 1.807) is 11.5 Å². The van der Waals surface area contributed by atoms with Crippen LogP contribution >= 0.6 is 0 Å². The molecule has 1 saturated carbocycles. The minimum absolute atomic E-state index is 0.0114. The lowest BCUT2D eigenvalue weighted by Crippen LogP contribution is -2.38. The van der Waals surface area contributed by atoms with Gasteiger partial charge in [0.05, 0.1) is 5.69 Å². The Balaban J connectivity index is 2.22. The molecule has 2 aliphatic carbocycles. The largest absolute Gasteiger partial charge is 0.385 e. The molecule has 0 bridgehead atoms. The molecule has 5 nitrogen and oxygen atoms in total. The zero-order chi connectivity index (χ0) is 15.3. The summed E-state index contributed by atoms with van der Waals surface area (Å²) in [6, 6.07) is -0.0114. The Morgan fingerprint density at radius 3 is 2.33 bits per heavy atom. The number of rotatable bonds is 2. The second-order valence-electron chi connectivity index (χ2n) is 6.53. The van der Waals surface area contributed by atoms with E-state index in [-0.39, 0.29) is 23.7 Å². The van der Waals surface area contributed by atoms with Gasteiger partial charge in [-0.2, -0.15) is 0 Å². The summed E-state index contributed by atoms with van der Waals surface area (Å²) in [7, 11) is 0. The van der Waals surface area contributed by atoms with Crippen molar-refractivity contribution in [2.45, 2.75) is 64.5 Å². The van der Waals surface area contributed by atoms with Crippen molar-refractivity contribution in [3.63, 3.8) is 0 Å². The van der Waals surface area contributed by atoms with Gasteiger partial charge in [0.2, 0.25) is 11.6 Å². The van der Waals surface area contributed by atoms with Crippen molar-refractivity contribution in [2.75, 3.05) is 0 Å². The van der Waals surface area contributed by atoms with Crippen molar-refractivity contribution in [3.05, 3.63) is 17.2 Å². The first kappa shape index (κ1) is 14.4. The van der Waals surface area contributed by atoms with Crippen LogP contribution in [-0.4, -0.2) is 26.2 Å². The lowest BCUT2D eigenvalue weighted by Gasteiger charge is -2.33. The number of carbonyl (C=O) groups excluding carboxylic acids is 2. The van der Waals surface area contributed by atoms with Gasteiger partial charge >= 0.3 is 0 Å². The molecule has 0 amide bonds. The molecule has 0 aliphatic heterocycles. The molecule has 3 rings (SSSR count). The third-order valence-corrected chi connectivity index (χ3v) is 4.75. The van der Waals surface area contributed by atoms with Gasteiger partial charge in [-0.1, -0.05) is 12.8 Å². The Bertz CT molecular complexity index is 601. The number of aromatic nitrogens is 2. The maximum absolute atomic E-state index is 12.5. The third kappa shape index (κ3) is 2.06. The van der Waals surface area contributed by atoms with E-state index >= 15 is 0 Å². The predicted octanol–water partition coefficient (Wildman–Crippen LogP) is 2.56. The molecule has 114 valence electrons. The number of nitrogens with zero attached hydrogens (tertiary/aromatic N) is 2. The van der Waals surface area contributed by atoms with Crippen molar-refractivity contribution in [1.29, 1.82) is 0 Å². The summed E-state index contributed by atoms with van der Waals surface area (Å²) in [5.74, 6) is -0.317. The number of fused-ring (bicyclic) bond motifs is 3. The summed E-state index contributed by atoms with van der Waals surface area (Å²) in [5, 5.41) is 9.97. The minimum atomic E-state index is -0.747. The van der Waals surface area contributed by atoms with Crippen LogP contribution in [0, 0.1) is 5.92 Å². The molecule has 3 atom stereocenters. The molecule has 0 saturated heterocycles. The number of hydrogen-bond donors (Lipinski definition) is 1. The number of aliphatic hydroxyl groups excluding tert-OH is 1. The zero-order valence-corrected chi connectivity index (χ0v) is 12.8. The highest BCUT2D eigenvalue weighted by Crippen LogP contribution is 2.44. The molecule has 0 spiro atoms. The molecular formula is C16H22N2O3. The molecular weight excluding hydrogens is 268 g/mol. The molecule has 0 aromatic carbocycles. The van der Waals surface area contributed by atoms with E-state index in [0.29, 0.717) is 11.5 Å². The second-order valence-corrected chi connectivity index (χ2v) is 6.53. The highest BCUT2D eigenvalue weighted by molar-refractivity contribution is 6.45. The summed E-state index contributed by atoms with van der Waals surface area (Å²) in [6.07, 6.45) is 3.02. The highest BCUT2D eigenvalue weighted by atomic mass is 16.3. The van der Waals surface area contributed by atoms with Gasteiger partial charge in [-0.3, -0.25) is 9.59 Å². The number of carbonyl (C=O) groups is 2. The van der Waals surface area contributed by atoms with E-state index in [2.05, 4.69) is 4.98 Å².